The molecule has 1 aromatic carbocycles. The molecule has 0 radical (unpaired) electrons. The highest BCUT2D eigenvalue weighted by atomic mass is 35.5. The van der Waals surface area contributed by atoms with Crippen LogP contribution in [0.1, 0.15) is 32.7 Å². The van der Waals surface area contributed by atoms with Gasteiger partial charge in [0, 0.05) is 11.4 Å². The largest absolute Gasteiger partial charge is 0.452 e. The molecule has 2 rings (SSSR count). The molecule has 0 fully saturated rings. The molecule has 0 saturated heterocycles. The van der Waals surface area contributed by atoms with Crippen LogP contribution in [0, 0.1) is 27.7 Å². The first-order valence-electron chi connectivity index (χ1n) is 7.45. The lowest BCUT2D eigenvalue weighted by Crippen LogP contribution is -2.21. The minimum absolute atomic E-state index is 0.0761. The van der Waals surface area contributed by atoms with Crippen molar-refractivity contribution in [3.8, 4) is 0 Å². The molecule has 126 valence electrons. The Morgan fingerprint density at radius 1 is 1.08 bits per heavy atom. The molecule has 0 atom stereocenters. The number of halogens is 1. The van der Waals surface area contributed by atoms with Gasteiger partial charge >= 0.3 is 5.97 Å². The van der Waals surface area contributed by atoms with Crippen LogP contribution in [0.25, 0.3) is 0 Å². The molecule has 0 spiro atoms. The van der Waals surface area contributed by atoms with Gasteiger partial charge in [0.25, 0.3) is 5.91 Å². The first-order chi connectivity index (χ1) is 11.3. The Balaban J connectivity index is 2.00. The molecular formula is C18H19ClN2O3. The van der Waals surface area contributed by atoms with E-state index in [1.807, 2.05) is 32.0 Å². The number of benzene rings is 1. The van der Waals surface area contributed by atoms with Crippen LogP contribution in [0.4, 0.5) is 5.69 Å². The molecule has 0 unspecified atom stereocenters. The topological polar surface area (TPSA) is 68.3 Å². The van der Waals surface area contributed by atoms with Gasteiger partial charge in [-0.3, -0.25) is 4.79 Å². The van der Waals surface area contributed by atoms with Gasteiger partial charge in [0.15, 0.2) is 6.61 Å². The first kappa shape index (κ1) is 17.9. The summed E-state index contributed by atoms with van der Waals surface area (Å²) in [5.74, 6) is -1.08. The van der Waals surface area contributed by atoms with E-state index in [2.05, 4.69) is 10.3 Å². The van der Waals surface area contributed by atoms with E-state index in [1.165, 1.54) is 0 Å². The number of anilines is 1. The predicted molar refractivity (Wildman–Crippen MR) is 93.5 cm³/mol. The molecule has 2 aromatic rings. The molecule has 0 saturated carbocycles. The highest BCUT2D eigenvalue weighted by molar-refractivity contribution is 6.32. The second kappa shape index (κ2) is 7.45. The fourth-order valence-corrected chi connectivity index (χ4v) is 2.84. The van der Waals surface area contributed by atoms with E-state index in [9.17, 15) is 9.59 Å². The molecule has 0 bridgehead atoms. The van der Waals surface area contributed by atoms with E-state index < -0.39 is 18.5 Å². The smallest absolute Gasteiger partial charge is 0.342 e. The van der Waals surface area contributed by atoms with Crippen molar-refractivity contribution in [2.45, 2.75) is 27.7 Å². The predicted octanol–water partition coefficient (Wildman–Crippen LogP) is 3.76. The lowest BCUT2D eigenvalue weighted by molar-refractivity contribution is -0.119. The number of esters is 1. The van der Waals surface area contributed by atoms with Gasteiger partial charge in [0.1, 0.15) is 5.15 Å². The molecule has 1 N–H and O–H groups in total. The normalized spacial score (nSPS) is 10.4. The van der Waals surface area contributed by atoms with Crippen LogP contribution in [0.15, 0.2) is 24.3 Å². The molecule has 1 aromatic heterocycles. The Morgan fingerprint density at radius 2 is 1.71 bits per heavy atom. The van der Waals surface area contributed by atoms with Crippen molar-refractivity contribution in [1.29, 1.82) is 0 Å². The third kappa shape index (κ3) is 4.55. The third-order valence-electron chi connectivity index (χ3n) is 3.34. The van der Waals surface area contributed by atoms with Crippen LogP contribution in [-0.2, 0) is 9.53 Å². The van der Waals surface area contributed by atoms with E-state index in [4.69, 9.17) is 16.3 Å². The lowest BCUT2D eigenvalue weighted by Gasteiger charge is -2.10. The van der Waals surface area contributed by atoms with E-state index >= 15 is 0 Å². The molecule has 0 aliphatic heterocycles. The Hall–Kier alpha value is -2.40. The quantitative estimate of drug-likeness (QED) is 0.676. The first-order valence-corrected chi connectivity index (χ1v) is 7.83. The van der Waals surface area contributed by atoms with Gasteiger partial charge in [-0.25, -0.2) is 9.78 Å². The number of rotatable bonds is 4. The van der Waals surface area contributed by atoms with E-state index in [0.29, 0.717) is 16.9 Å². The number of aromatic nitrogens is 1. The number of aryl methyl sites for hydroxylation is 4. The van der Waals surface area contributed by atoms with Gasteiger partial charge in [0.05, 0.1) is 5.56 Å². The second-order valence-electron chi connectivity index (χ2n) is 5.75. The van der Waals surface area contributed by atoms with Crippen LogP contribution in [0.5, 0.6) is 0 Å². The second-order valence-corrected chi connectivity index (χ2v) is 6.11. The Bertz CT molecular complexity index is 760. The zero-order valence-electron chi connectivity index (χ0n) is 14.1. The summed E-state index contributed by atoms with van der Waals surface area (Å²) in [6.45, 7) is 7.02. The van der Waals surface area contributed by atoms with Crippen LogP contribution in [0.2, 0.25) is 5.15 Å². The van der Waals surface area contributed by atoms with Gasteiger partial charge in [-0.15, -0.1) is 0 Å². The highest BCUT2D eigenvalue weighted by Gasteiger charge is 2.18. The van der Waals surface area contributed by atoms with Crippen LogP contribution in [-0.4, -0.2) is 23.5 Å². The van der Waals surface area contributed by atoms with Crippen molar-refractivity contribution >= 4 is 29.2 Å². The number of ether oxygens (including phenoxy) is 1. The number of carbonyl (C=O) groups is 2. The van der Waals surface area contributed by atoms with Gasteiger partial charge in [-0.05, 0) is 62.6 Å². The molecule has 1 amide bonds. The van der Waals surface area contributed by atoms with Gasteiger partial charge < -0.3 is 10.1 Å². The summed E-state index contributed by atoms with van der Waals surface area (Å²) >= 11 is 6.00. The van der Waals surface area contributed by atoms with Crippen molar-refractivity contribution in [3.63, 3.8) is 0 Å². The highest BCUT2D eigenvalue weighted by Crippen LogP contribution is 2.20. The third-order valence-corrected chi connectivity index (χ3v) is 3.62. The maximum atomic E-state index is 12.1. The van der Waals surface area contributed by atoms with Gasteiger partial charge in [0.2, 0.25) is 0 Å². The summed E-state index contributed by atoms with van der Waals surface area (Å²) in [4.78, 5) is 28.1. The zero-order valence-corrected chi connectivity index (χ0v) is 14.8. The monoisotopic (exact) mass is 346 g/mol. The molecule has 5 nitrogen and oxygen atoms in total. The molecule has 0 aliphatic carbocycles. The molecule has 0 aliphatic rings. The minimum Gasteiger partial charge on any atom is -0.452 e. The maximum absolute atomic E-state index is 12.1. The van der Waals surface area contributed by atoms with Crippen molar-refractivity contribution < 1.29 is 14.3 Å². The van der Waals surface area contributed by atoms with E-state index in [0.717, 1.165) is 11.1 Å². The van der Waals surface area contributed by atoms with Crippen LogP contribution < -0.4 is 5.32 Å². The Labute approximate surface area is 146 Å². The van der Waals surface area contributed by atoms with Crippen molar-refractivity contribution in [2.24, 2.45) is 0 Å². The maximum Gasteiger partial charge on any atom is 0.342 e. The molecular weight excluding hydrogens is 328 g/mol. The van der Waals surface area contributed by atoms with Gasteiger partial charge in [-0.1, -0.05) is 17.7 Å². The Morgan fingerprint density at radius 3 is 2.29 bits per heavy atom. The van der Waals surface area contributed by atoms with Crippen molar-refractivity contribution in [2.75, 3.05) is 11.9 Å². The molecule has 24 heavy (non-hydrogen) atoms. The van der Waals surface area contributed by atoms with E-state index in [-0.39, 0.29) is 10.7 Å². The summed E-state index contributed by atoms with van der Waals surface area (Å²) in [5, 5.41) is 2.78. The summed E-state index contributed by atoms with van der Waals surface area (Å²) < 4.78 is 5.05. The minimum atomic E-state index is -0.666. The van der Waals surface area contributed by atoms with Crippen LogP contribution in [0.3, 0.4) is 0 Å². The molecule has 6 heteroatoms. The number of carbonyl (C=O) groups excluding carboxylic acids is 2. The summed E-state index contributed by atoms with van der Waals surface area (Å²) in [5.41, 5.74) is 4.29. The number of hydrogen-bond donors (Lipinski definition) is 1. The standard InChI is InChI=1S/C18H19ClN2O3/c1-10-5-11(2)7-14(6-10)21-15(22)9-24-18(23)16-12(3)8-13(4)20-17(16)19/h5-8H,9H2,1-4H3,(H,21,22). The lowest BCUT2D eigenvalue weighted by atomic mass is 10.1. The SMILES string of the molecule is Cc1cc(C)cc(NC(=O)COC(=O)c2c(C)cc(C)nc2Cl)c1. The average Bonchev–Trinajstić information content (AvgIpc) is 2.42. The number of pyridine rings is 1. The number of nitrogens with one attached hydrogen (secondary N) is 1. The Kier molecular flexibility index (Phi) is 5.57. The fraction of sp³-hybridized carbons (Fsp3) is 0.278. The van der Waals surface area contributed by atoms with Gasteiger partial charge in [-0.2, -0.15) is 0 Å². The molecule has 1 heterocycles. The number of amides is 1. The number of nitrogens with zero attached hydrogens (tertiary/aromatic N) is 1. The average molecular weight is 347 g/mol. The summed E-state index contributed by atoms with van der Waals surface area (Å²) in [7, 11) is 0. The van der Waals surface area contributed by atoms with Crippen molar-refractivity contribution in [3.05, 3.63) is 57.4 Å². The van der Waals surface area contributed by atoms with E-state index in [1.54, 1.807) is 19.9 Å². The fourth-order valence-electron chi connectivity index (χ4n) is 2.48. The summed E-state index contributed by atoms with van der Waals surface area (Å²) in [6.07, 6.45) is 0. The van der Waals surface area contributed by atoms with Crippen molar-refractivity contribution in [1.82, 2.24) is 4.98 Å². The summed E-state index contributed by atoms with van der Waals surface area (Å²) in [6, 6.07) is 7.43. The zero-order chi connectivity index (χ0) is 17.9. The number of hydrogen-bond acceptors (Lipinski definition) is 4. The van der Waals surface area contributed by atoms with Crippen LogP contribution >= 0.6 is 11.6 Å².